The summed E-state index contributed by atoms with van der Waals surface area (Å²) < 4.78 is 5.38. The van der Waals surface area contributed by atoms with Crippen LogP contribution in [0.15, 0.2) is 0 Å². The molecule has 0 N–H and O–H groups in total. The van der Waals surface area contributed by atoms with E-state index in [1.165, 1.54) is 0 Å². The average Bonchev–Trinajstić information content (AvgIpc) is 1.81. The van der Waals surface area contributed by atoms with Crippen molar-refractivity contribution in [3.8, 4) is 0 Å². The van der Waals surface area contributed by atoms with Crippen LogP contribution in [0.25, 0.3) is 0 Å². The van der Waals surface area contributed by atoms with Gasteiger partial charge in [-0.25, -0.2) is 0 Å². The maximum absolute atomic E-state index is 5.38. The van der Waals surface area contributed by atoms with E-state index in [-0.39, 0.29) is 0 Å². The lowest BCUT2D eigenvalue weighted by atomic mass is 10.2. The number of ether oxygens (including phenoxy) is 1. The molecule has 0 aromatic heterocycles. The van der Waals surface area contributed by atoms with E-state index in [0.717, 1.165) is 6.23 Å². The van der Waals surface area contributed by atoms with Crippen LogP contribution in [0.3, 0.4) is 0 Å². The monoisotopic (exact) mass is 173 g/mol. The molecule has 0 aromatic rings. The predicted octanol–water partition coefficient (Wildman–Crippen LogP) is 2.88. The molecule has 0 heterocycles. The molecule has 11 heavy (non-hydrogen) atoms. The van der Waals surface area contributed by atoms with Gasteiger partial charge in [-0.1, -0.05) is 33.9 Å². The summed E-state index contributed by atoms with van der Waals surface area (Å²) in [6.07, 6.45) is 0.931. The minimum Gasteiger partial charge on any atom is -0.385 e. The molecule has 1 radical (unpaired) electrons. The summed E-state index contributed by atoms with van der Waals surface area (Å²) in [5, 5.41) is 0.433. The van der Waals surface area contributed by atoms with Crippen molar-refractivity contribution in [2.45, 2.75) is 38.9 Å². The molecule has 0 atom stereocenters. The van der Waals surface area contributed by atoms with E-state index in [1.807, 2.05) is 0 Å². The minimum absolute atomic E-state index is 0.433. The van der Waals surface area contributed by atoms with Gasteiger partial charge in [0.1, 0.15) is 0 Å². The fourth-order valence-electron chi connectivity index (χ4n) is 0.544. The summed E-state index contributed by atoms with van der Waals surface area (Å²) in [7, 11) is -1.19. The van der Waals surface area contributed by atoms with Crippen molar-refractivity contribution in [3.05, 3.63) is 6.92 Å². The van der Waals surface area contributed by atoms with Crippen LogP contribution in [0, 0.1) is 6.92 Å². The molecule has 0 saturated heterocycles. The van der Waals surface area contributed by atoms with E-state index in [1.54, 1.807) is 0 Å². The largest absolute Gasteiger partial charge is 0.385 e. The Morgan fingerprint density at radius 2 is 1.73 bits per heavy atom. The third-order valence-electron chi connectivity index (χ3n) is 2.64. The van der Waals surface area contributed by atoms with Gasteiger partial charge in [-0.3, -0.25) is 0 Å². The Kier molecular flexibility index (Phi) is 3.78. The fraction of sp³-hybridized carbons (Fsp3) is 0.889. The zero-order valence-corrected chi connectivity index (χ0v) is 9.53. The molecule has 2 heteroatoms. The molecule has 0 aliphatic carbocycles. The van der Waals surface area contributed by atoms with Gasteiger partial charge in [0, 0.05) is 12.8 Å². The van der Waals surface area contributed by atoms with Gasteiger partial charge in [0.2, 0.25) is 0 Å². The lowest BCUT2D eigenvalue weighted by Crippen LogP contribution is -2.42. The van der Waals surface area contributed by atoms with E-state index < -0.39 is 8.07 Å². The first kappa shape index (κ1) is 11.2. The molecular weight excluding hydrogens is 152 g/mol. The average molecular weight is 173 g/mol. The molecular formula is C9H21OSi. The van der Waals surface area contributed by atoms with Crippen LogP contribution in [-0.4, -0.2) is 20.9 Å². The van der Waals surface area contributed by atoms with E-state index in [9.17, 15) is 0 Å². The van der Waals surface area contributed by atoms with Crippen molar-refractivity contribution < 1.29 is 4.74 Å². The van der Waals surface area contributed by atoms with Crippen LogP contribution in [0.5, 0.6) is 0 Å². The van der Waals surface area contributed by atoms with Gasteiger partial charge in [-0.15, -0.1) is 0 Å². The molecule has 0 amide bonds. The molecule has 0 fully saturated rings. The molecule has 0 spiro atoms. The summed E-state index contributed by atoms with van der Waals surface area (Å²) >= 11 is 0. The molecule has 0 unspecified atom stereocenters. The SMILES string of the molecule is [CH2]COC[Si](C)(C)C(C)(C)C. The molecule has 0 aliphatic rings. The predicted molar refractivity (Wildman–Crippen MR) is 53.4 cm³/mol. The van der Waals surface area contributed by atoms with Crippen LogP contribution < -0.4 is 0 Å². The van der Waals surface area contributed by atoms with Crippen molar-refractivity contribution in [2.24, 2.45) is 0 Å². The Bertz CT molecular complexity index is 113. The zero-order valence-electron chi connectivity index (χ0n) is 8.53. The second kappa shape index (κ2) is 3.72. The molecule has 0 saturated carbocycles. The van der Waals surface area contributed by atoms with Crippen LogP contribution in [-0.2, 0) is 4.74 Å². The quantitative estimate of drug-likeness (QED) is 0.596. The second-order valence-corrected chi connectivity index (χ2v) is 10.2. The summed E-state index contributed by atoms with van der Waals surface area (Å²) in [5.41, 5.74) is 0. The van der Waals surface area contributed by atoms with E-state index in [0.29, 0.717) is 11.6 Å². The maximum atomic E-state index is 5.38. The van der Waals surface area contributed by atoms with Crippen molar-refractivity contribution in [1.82, 2.24) is 0 Å². The highest BCUT2D eigenvalue weighted by molar-refractivity contribution is 6.80. The summed E-state index contributed by atoms with van der Waals surface area (Å²) in [5.74, 6) is 0. The lowest BCUT2D eigenvalue weighted by molar-refractivity contribution is 0.201. The van der Waals surface area contributed by atoms with Gasteiger partial charge in [-0.2, -0.15) is 0 Å². The minimum atomic E-state index is -1.19. The van der Waals surface area contributed by atoms with Crippen LogP contribution >= 0.6 is 0 Å². The number of rotatable bonds is 3. The molecule has 0 aliphatic heterocycles. The molecule has 0 bridgehead atoms. The van der Waals surface area contributed by atoms with E-state index >= 15 is 0 Å². The Morgan fingerprint density at radius 3 is 2.00 bits per heavy atom. The van der Waals surface area contributed by atoms with Gasteiger partial charge >= 0.3 is 0 Å². The zero-order chi connectivity index (χ0) is 9.12. The van der Waals surface area contributed by atoms with E-state index in [4.69, 9.17) is 4.74 Å². The maximum Gasteiger partial charge on any atom is 0.0829 e. The van der Waals surface area contributed by atoms with Crippen molar-refractivity contribution in [1.29, 1.82) is 0 Å². The van der Waals surface area contributed by atoms with Crippen LogP contribution in [0.4, 0.5) is 0 Å². The fourth-order valence-corrected chi connectivity index (χ4v) is 1.63. The molecule has 0 rings (SSSR count). The second-order valence-electron chi connectivity index (χ2n) is 4.69. The van der Waals surface area contributed by atoms with E-state index in [2.05, 4.69) is 40.8 Å². The summed E-state index contributed by atoms with van der Waals surface area (Å²) in [4.78, 5) is 0. The van der Waals surface area contributed by atoms with Gasteiger partial charge in [0.05, 0.1) is 8.07 Å². The molecule has 1 nitrogen and oxygen atoms in total. The summed E-state index contributed by atoms with van der Waals surface area (Å²) in [6.45, 7) is 15.9. The van der Waals surface area contributed by atoms with Crippen molar-refractivity contribution >= 4 is 8.07 Å². The first-order valence-electron chi connectivity index (χ1n) is 4.18. The van der Waals surface area contributed by atoms with Gasteiger partial charge in [-0.05, 0) is 12.0 Å². The molecule has 0 aromatic carbocycles. The third kappa shape index (κ3) is 3.39. The van der Waals surface area contributed by atoms with Crippen molar-refractivity contribution in [3.63, 3.8) is 0 Å². The third-order valence-corrected chi connectivity index (χ3v) is 7.62. The number of hydrogen-bond acceptors (Lipinski definition) is 1. The number of hydrogen-bond donors (Lipinski definition) is 0. The van der Waals surface area contributed by atoms with Crippen LogP contribution in [0.1, 0.15) is 20.8 Å². The topological polar surface area (TPSA) is 9.23 Å². The normalized spacial score (nSPS) is 13.6. The summed E-state index contributed by atoms with van der Waals surface area (Å²) in [6, 6.07) is 0. The Balaban J connectivity index is 4.00. The Hall–Kier alpha value is 0.177. The van der Waals surface area contributed by atoms with Crippen LogP contribution in [0.2, 0.25) is 18.1 Å². The Morgan fingerprint density at radius 1 is 1.27 bits per heavy atom. The first-order chi connectivity index (χ1) is 4.81. The van der Waals surface area contributed by atoms with Gasteiger partial charge in [0.25, 0.3) is 0 Å². The highest BCUT2D eigenvalue weighted by Crippen LogP contribution is 2.35. The highest BCUT2D eigenvalue weighted by Gasteiger charge is 2.34. The van der Waals surface area contributed by atoms with Crippen molar-refractivity contribution in [2.75, 3.05) is 12.8 Å². The lowest BCUT2D eigenvalue weighted by Gasteiger charge is -2.36. The standard InChI is InChI=1S/C9H21OSi/c1-7-10-8-11(5,6)9(2,3)4/h1,7-8H2,2-6H3. The molecule has 67 valence electrons. The highest BCUT2D eigenvalue weighted by atomic mass is 28.3. The first-order valence-corrected chi connectivity index (χ1v) is 7.39. The van der Waals surface area contributed by atoms with Gasteiger partial charge < -0.3 is 4.74 Å². The van der Waals surface area contributed by atoms with Gasteiger partial charge in [0.15, 0.2) is 0 Å². The smallest absolute Gasteiger partial charge is 0.0829 e. The Labute approximate surface area is 72.2 Å².